The summed E-state index contributed by atoms with van der Waals surface area (Å²) in [6.07, 6.45) is -4.87. The van der Waals surface area contributed by atoms with Crippen LogP contribution in [0.1, 0.15) is 27.0 Å². The molecule has 0 fully saturated rings. The summed E-state index contributed by atoms with van der Waals surface area (Å²) in [7, 11) is -4.52. The van der Waals surface area contributed by atoms with Crippen molar-refractivity contribution >= 4 is 44.8 Å². The number of alkyl halides is 3. The van der Waals surface area contributed by atoms with Crippen LogP contribution in [0.25, 0.3) is 0 Å². The van der Waals surface area contributed by atoms with E-state index in [0.29, 0.717) is 10.4 Å². The Labute approximate surface area is 246 Å². The molecule has 0 heterocycles. The Hall–Kier alpha value is -4.35. The van der Waals surface area contributed by atoms with Crippen molar-refractivity contribution in [2.75, 3.05) is 16.2 Å². The number of anilines is 2. The summed E-state index contributed by atoms with van der Waals surface area (Å²) < 4.78 is 68.7. The molecule has 4 aromatic carbocycles. The van der Waals surface area contributed by atoms with E-state index in [-0.39, 0.29) is 22.7 Å². The van der Waals surface area contributed by atoms with Gasteiger partial charge in [0.2, 0.25) is 5.91 Å². The first-order valence-corrected chi connectivity index (χ1v) is 14.4. The molecule has 2 N–H and O–H groups in total. The first-order valence-electron chi connectivity index (χ1n) is 12.5. The lowest BCUT2D eigenvalue weighted by Crippen LogP contribution is -2.38. The topological polar surface area (TPSA) is 95.6 Å². The number of hydrogen-bond acceptors (Lipinski definition) is 4. The highest BCUT2D eigenvalue weighted by Gasteiger charge is 2.35. The number of carbonyl (C=O) groups excluding carboxylic acids is 2. The fourth-order valence-corrected chi connectivity index (χ4v) is 5.66. The van der Waals surface area contributed by atoms with E-state index in [9.17, 15) is 31.2 Å². The van der Waals surface area contributed by atoms with Crippen molar-refractivity contribution in [3.05, 3.63) is 124 Å². The second-order valence-electron chi connectivity index (χ2n) is 9.25. The molecule has 0 aliphatic carbocycles. The average molecular weight is 616 g/mol. The van der Waals surface area contributed by atoms with E-state index < -0.39 is 50.8 Å². The van der Waals surface area contributed by atoms with Gasteiger partial charge in [0.15, 0.2) is 0 Å². The van der Waals surface area contributed by atoms with E-state index in [1.165, 1.54) is 36.4 Å². The minimum atomic E-state index is -4.87. The van der Waals surface area contributed by atoms with Gasteiger partial charge in [-0.15, -0.1) is 0 Å². The number of aryl methyl sites for hydroxylation is 1. The van der Waals surface area contributed by atoms with Crippen LogP contribution in [0.2, 0.25) is 5.02 Å². The molecule has 12 heteroatoms. The first-order chi connectivity index (χ1) is 19.9. The fourth-order valence-electron chi connectivity index (χ4n) is 4.02. The number of hydrogen-bond donors (Lipinski definition) is 2. The molecule has 2 amide bonds. The summed E-state index contributed by atoms with van der Waals surface area (Å²) in [5.74, 6) is -1.39. The largest absolute Gasteiger partial charge is 0.417 e. The van der Waals surface area contributed by atoms with Gasteiger partial charge in [0, 0.05) is 6.54 Å². The standard InChI is InChI=1S/C30H25ClF3N3O4S/c1-20-11-14-23(15-12-20)42(40,41)37(22-13-16-26(31)25(17-22)30(32,33)34)19-28(38)36-27-10-6-5-9-24(27)29(39)35-18-21-7-3-2-4-8-21/h2-17H,18-19H2,1H3,(H,35,39)(H,36,38). The van der Waals surface area contributed by atoms with Crippen LogP contribution in [0.5, 0.6) is 0 Å². The van der Waals surface area contributed by atoms with Crippen LogP contribution in [0.4, 0.5) is 24.5 Å². The Kier molecular flexibility index (Phi) is 9.23. The van der Waals surface area contributed by atoms with Crippen molar-refractivity contribution in [1.82, 2.24) is 5.32 Å². The molecule has 0 aliphatic heterocycles. The molecule has 0 radical (unpaired) electrons. The maximum absolute atomic E-state index is 13.6. The Bertz CT molecular complexity index is 1700. The van der Waals surface area contributed by atoms with Gasteiger partial charge in [0.25, 0.3) is 15.9 Å². The van der Waals surface area contributed by atoms with Crippen LogP contribution in [0.3, 0.4) is 0 Å². The molecular formula is C30H25ClF3N3O4S. The molecule has 0 spiro atoms. The number of nitrogens with zero attached hydrogens (tertiary/aromatic N) is 1. The van der Waals surface area contributed by atoms with Crippen molar-refractivity contribution in [2.45, 2.75) is 24.5 Å². The number of nitrogens with one attached hydrogen (secondary N) is 2. The third-order valence-electron chi connectivity index (χ3n) is 6.18. The van der Waals surface area contributed by atoms with Gasteiger partial charge in [0.1, 0.15) is 6.54 Å². The highest BCUT2D eigenvalue weighted by Crippen LogP contribution is 2.38. The molecule has 218 valence electrons. The lowest BCUT2D eigenvalue weighted by atomic mass is 10.1. The predicted molar refractivity (Wildman–Crippen MR) is 155 cm³/mol. The van der Waals surface area contributed by atoms with Crippen LogP contribution in [0, 0.1) is 6.92 Å². The van der Waals surface area contributed by atoms with Crippen molar-refractivity contribution < 1.29 is 31.2 Å². The molecule has 0 saturated carbocycles. The number of amides is 2. The molecule has 0 saturated heterocycles. The van der Waals surface area contributed by atoms with Crippen LogP contribution in [-0.2, 0) is 27.5 Å². The highest BCUT2D eigenvalue weighted by atomic mass is 35.5. The molecule has 4 rings (SSSR count). The molecule has 42 heavy (non-hydrogen) atoms. The number of sulfonamides is 1. The molecule has 0 aliphatic rings. The fraction of sp³-hybridized carbons (Fsp3) is 0.133. The van der Waals surface area contributed by atoms with Gasteiger partial charge in [-0.05, 0) is 55.0 Å². The van der Waals surface area contributed by atoms with Gasteiger partial charge in [-0.3, -0.25) is 13.9 Å². The van der Waals surface area contributed by atoms with Gasteiger partial charge >= 0.3 is 6.18 Å². The first kappa shape index (κ1) is 30.6. The summed E-state index contributed by atoms with van der Waals surface area (Å²) in [4.78, 5) is 25.9. The summed E-state index contributed by atoms with van der Waals surface area (Å²) in [6, 6.07) is 23.5. The predicted octanol–water partition coefficient (Wildman–Crippen LogP) is 6.43. The maximum Gasteiger partial charge on any atom is 0.417 e. The molecule has 0 bridgehead atoms. The van der Waals surface area contributed by atoms with Crippen LogP contribution < -0.4 is 14.9 Å². The summed E-state index contributed by atoms with van der Waals surface area (Å²) in [5.41, 5.74) is 0.133. The number of para-hydroxylation sites is 1. The number of carbonyl (C=O) groups is 2. The summed E-state index contributed by atoms with van der Waals surface area (Å²) in [6.45, 7) is 1.07. The van der Waals surface area contributed by atoms with Crippen LogP contribution in [-0.4, -0.2) is 26.8 Å². The van der Waals surface area contributed by atoms with Crippen molar-refractivity contribution in [2.24, 2.45) is 0 Å². The Morgan fingerprint density at radius 1 is 0.881 bits per heavy atom. The monoisotopic (exact) mass is 615 g/mol. The second kappa shape index (κ2) is 12.7. The Balaban J connectivity index is 1.64. The van der Waals surface area contributed by atoms with E-state index in [2.05, 4.69) is 10.6 Å². The molecule has 0 unspecified atom stereocenters. The minimum Gasteiger partial charge on any atom is -0.348 e. The number of rotatable bonds is 9. The van der Waals surface area contributed by atoms with Gasteiger partial charge in [0.05, 0.1) is 32.4 Å². The summed E-state index contributed by atoms with van der Waals surface area (Å²) in [5, 5.41) is 4.65. The third kappa shape index (κ3) is 7.29. The lowest BCUT2D eigenvalue weighted by molar-refractivity contribution is -0.137. The smallest absolute Gasteiger partial charge is 0.348 e. The number of halogens is 4. The van der Waals surface area contributed by atoms with E-state index in [1.54, 1.807) is 19.1 Å². The van der Waals surface area contributed by atoms with Gasteiger partial charge < -0.3 is 10.6 Å². The zero-order valence-corrected chi connectivity index (χ0v) is 23.7. The van der Waals surface area contributed by atoms with E-state index >= 15 is 0 Å². The molecule has 7 nitrogen and oxygen atoms in total. The molecular weight excluding hydrogens is 591 g/mol. The van der Waals surface area contributed by atoms with Crippen LogP contribution in [0.15, 0.2) is 102 Å². The molecule has 0 atom stereocenters. The van der Waals surface area contributed by atoms with Gasteiger partial charge in [-0.25, -0.2) is 8.42 Å². The maximum atomic E-state index is 13.6. The zero-order chi connectivity index (χ0) is 30.5. The van der Waals surface area contributed by atoms with E-state index in [4.69, 9.17) is 11.6 Å². The Morgan fingerprint density at radius 2 is 1.52 bits per heavy atom. The zero-order valence-electron chi connectivity index (χ0n) is 22.2. The molecule has 4 aromatic rings. The molecule has 0 aromatic heterocycles. The quantitative estimate of drug-likeness (QED) is 0.227. The lowest BCUT2D eigenvalue weighted by Gasteiger charge is -2.25. The third-order valence-corrected chi connectivity index (χ3v) is 8.30. The average Bonchev–Trinajstić information content (AvgIpc) is 2.95. The normalized spacial score (nSPS) is 11.5. The number of benzene rings is 4. The SMILES string of the molecule is Cc1ccc(S(=O)(=O)N(CC(=O)Nc2ccccc2C(=O)NCc2ccccc2)c2ccc(Cl)c(C(F)(F)F)c2)cc1. The van der Waals surface area contributed by atoms with Crippen molar-refractivity contribution in [1.29, 1.82) is 0 Å². The summed E-state index contributed by atoms with van der Waals surface area (Å²) >= 11 is 5.75. The van der Waals surface area contributed by atoms with Crippen LogP contribution >= 0.6 is 11.6 Å². The van der Waals surface area contributed by atoms with Crippen molar-refractivity contribution in [3.63, 3.8) is 0 Å². The van der Waals surface area contributed by atoms with Gasteiger partial charge in [-0.2, -0.15) is 13.2 Å². The van der Waals surface area contributed by atoms with E-state index in [0.717, 1.165) is 23.3 Å². The van der Waals surface area contributed by atoms with Gasteiger partial charge in [-0.1, -0.05) is 71.8 Å². The van der Waals surface area contributed by atoms with E-state index in [1.807, 2.05) is 30.3 Å². The van der Waals surface area contributed by atoms with Crippen molar-refractivity contribution in [3.8, 4) is 0 Å². The minimum absolute atomic E-state index is 0.0906. The Morgan fingerprint density at radius 3 is 2.19 bits per heavy atom. The second-order valence-corrected chi connectivity index (χ2v) is 11.5. The highest BCUT2D eigenvalue weighted by molar-refractivity contribution is 7.92.